The van der Waals surface area contributed by atoms with Crippen LogP contribution < -0.4 is 15.4 Å². The maximum Gasteiger partial charge on any atom is 0.236 e. The number of aromatic nitrogens is 3. The summed E-state index contributed by atoms with van der Waals surface area (Å²) in [5, 5.41) is 10.2. The van der Waals surface area contributed by atoms with E-state index >= 15 is 0 Å². The van der Waals surface area contributed by atoms with Crippen LogP contribution in [0.2, 0.25) is 5.02 Å². The van der Waals surface area contributed by atoms with E-state index in [1.165, 1.54) is 0 Å². The fraction of sp³-hybridized carbons (Fsp3) is 0.368. The zero-order chi connectivity index (χ0) is 19.0. The van der Waals surface area contributed by atoms with Crippen molar-refractivity contribution in [3.8, 4) is 17.0 Å². The van der Waals surface area contributed by atoms with Crippen LogP contribution in [0.1, 0.15) is 18.4 Å². The number of hydrogen-bond acceptors (Lipinski definition) is 6. The number of nitrogens with two attached hydrogens (primary N) is 1. The average molecular weight is 388 g/mol. The van der Waals surface area contributed by atoms with Gasteiger partial charge in [-0.1, -0.05) is 11.6 Å². The Kier molecular flexibility index (Phi) is 4.90. The van der Waals surface area contributed by atoms with Gasteiger partial charge in [-0.2, -0.15) is 4.98 Å². The molecule has 3 heterocycles. The third kappa shape index (κ3) is 3.45. The lowest BCUT2D eigenvalue weighted by molar-refractivity contribution is 0.281. The molecule has 142 valence electrons. The van der Waals surface area contributed by atoms with Crippen molar-refractivity contribution in [2.75, 3.05) is 25.1 Å². The van der Waals surface area contributed by atoms with Gasteiger partial charge >= 0.3 is 0 Å². The number of piperidine rings is 1. The van der Waals surface area contributed by atoms with Gasteiger partial charge in [-0.3, -0.25) is 4.40 Å². The van der Waals surface area contributed by atoms with E-state index in [2.05, 4.69) is 9.88 Å². The van der Waals surface area contributed by atoms with Crippen molar-refractivity contribution in [1.29, 1.82) is 0 Å². The van der Waals surface area contributed by atoms with Gasteiger partial charge in [0.05, 0.1) is 24.4 Å². The molecule has 3 aromatic rings. The van der Waals surface area contributed by atoms with E-state index in [0.29, 0.717) is 27.8 Å². The highest BCUT2D eigenvalue weighted by Crippen LogP contribution is 2.33. The van der Waals surface area contributed by atoms with Gasteiger partial charge in [0.15, 0.2) is 0 Å². The molecule has 1 aliphatic heterocycles. The second kappa shape index (κ2) is 7.34. The molecule has 0 spiro atoms. The maximum atomic E-state index is 9.74. The highest BCUT2D eigenvalue weighted by atomic mass is 35.5. The number of anilines is 1. The number of nitrogens with zero attached hydrogens (tertiary/aromatic N) is 4. The van der Waals surface area contributed by atoms with Gasteiger partial charge < -0.3 is 20.5 Å². The first kappa shape index (κ1) is 18.0. The number of benzene rings is 1. The van der Waals surface area contributed by atoms with E-state index in [-0.39, 0.29) is 12.6 Å². The summed E-state index contributed by atoms with van der Waals surface area (Å²) in [4.78, 5) is 11.6. The second-order valence-electron chi connectivity index (χ2n) is 6.75. The highest BCUT2D eigenvalue weighted by Gasteiger charge is 2.19. The van der Waals surface area contributed by atoms with Crippen molar-refractivity contribution in [2.24, 2.45) is 5.73 Å². The standard InChI is InChI=1S/C19H22ClN5O2/c1-27-17-8-12(11-26)14(9-15(17)20)16-10-25-7-4-18(23-19(25)22-16)24-5-2-13(21)3-6-24/h4,7-10,13,26H,2-3,5-6,11,21H2,1H3. The van der Waals surface area contributed by atoms with Gasteiger partial charge in [0.1, 0.15) is 11.6 Å². The van der Waals surface area contributed by atoms with Gasteiger partial charge in [0.2, 0.25) is 5.78 Å². The van der Waals surface area contributed by atoms with Crippen LogP contribution in [0.4, 0.5) is 5.82 Å². The summed E-state index contributed by atoms with van der Waals surface area (Å²) in [5.74, 6) is 2.03. The molecule has 1 saturated heterocycles. The molecule has 7 nitrogen and oxygen atoms in total. The fourth-order valence-corrected chi connectivity index (χ4v) is 3.66. The van der Waals surface area contributed by atoms with Crippen LogP contribution in [0.5, 0.6) is 5.75 Å². The number of ether oxygens (including phenoxy) is 1. The normalized spacial score (nSPS) is 15.5. The summed E-state index contributed by atoms with van der Waals surface area (Å²) in [7, 11) is 1.55. The average Bonchev–Trinajstić information content (AvgIpc) is 3.11. The smallest absolute Gasteiger partial charge is 0.236 e. The number of hydrogen-bond donors (Lipinski definition) is 2. The molecule has 0 aliphatic carbocycles. The molecule has 0 unspecified atom stereocenters. The molecular formula is C19H22ClN5O2. The van der Waals surface area contributed by atoms with Crippen LogP contribution in [0.25, 0.3) is 17.0 Å². The first-order chi connectivity index (χ1) is 13.1. The Hall–Kier alpha value is -2.35. The van der Waals surface area contributed by atoms with Crippen molar-refractivity contribution in [3.63, 3.8) is 0 Å². The Morgan fingerprint density at radius 1 is 1.30 bits per heavy atom. The minimum Gasteiger partial charge on any atom is -0.495 e. The summed E-state index contributed by atoms with van der Waals surface area (Å²) < 4.78 is 7.10. The van der Waals surface area contributed by atoms with E-state index in [0.717, 1.165) is 37.3 Å². The number of halogens is 1. The zero-order valence-electron chi connectivity index (χ0n) is 15.1. The third-order valence-corrected chi connectivity index (χ3v) is 5.29. The number of aliphatic hydroxyl groups is 1. The monoisotopic (exact) mass is 387 g/mol. The summed E-state index contributed by atoms with van der Waals surface area (Å²) >= 11 is 6.27. The summed E-state index contributed by atoms with van der Waals surface area (Å²) in [6.45, 7) is 1.67. The van der Waals surface area contributed by atoms with Crippen molar-refractivity contribution in [3.05, 3.63) is 41.2 Å². The largest absolute Gasteiger partial charge is 0.495 e. The molecule has 0 bridgehead atoms. The molecular weight excluding hydrogens is 366 g/mol. The molecule has 0 saturated carbocycles. The Balaban J connectivity index is 1.71. The maximum absolute atomic E-state index is 9.74. The van der Waals surface area contributed by atoms with Gasteiger partial charge in [-0.05, 0) is 36.6 Å². The van der Waals surface area contributed by atoms with Crippen LogP contribution in [-0.2, 0) is 6.61 Å². The lowest BCUT2D eigenvalue weighted by Gasteiger charge is -2.30. The number of methoxy groups -OCH3 is 1. The van der Waals surface area contributed by atoms with Crippen LogP contribution in [-0.4, -0.2) is 45.7 Å². The predicted octanol–water partition coefficient (Wildman–Crippen LogP) is 2.48. The van der Waals surface area contributed by atoms with Crippen molar-refractivity contribution in [1.82, 2.24) is 14.4 Å². The van der Waals surface area contributed by atoms with E-state index < -0.39 is 0 Å². The number of fused-ring (bicyclic) bond motifs is 1. The molecule has 0 amide bonds. The van der Waals surface area contributed by atoms with E-state index in [9.17, 15) is 5.11 Å². The van der Waals surface area contributed by atoms with Gasteiger partial charge in [-0.15, -0.1) is 0 Å². The summed E-state index contributed by atoms with van der Waals surface area (Å²) in [6, 6.07) is 5.77. The van der Waals surface area contributed by atoms with Crippen LogP contribution in [0, 0.1) is 0 Å². The molecule has 4 rings (SSSR count). The minimum atomic E-state index is -0.135. The Bertz CT molecular complexity index is 966. The van der Waals surface area contributed by atoms with Gasteiger partial charge in [-0.25, -0.2) is 4.98 Å². The molecule has 2 aromatic heterocycles. The summed E-state index contributed by atoms with van der Waals surface area (Å²) in [6.07, 6.45) is 5.77. The Morgan fingerprint density at radius 3 is 2.78 bits per heavy atom. The SMILES string of the molecule is COc1cc(CO)c(-c2cn3ccc(N4CCC(N)CC4)nc3n2)cc1Cl. The Labute approximate surface area is 162 Å². The van der Waals surface area contributed by atoms with Crippen molar-refractivity contribution in [2.45, 2.75) is 25.5 Å². The lowest BCUT2D eigenvalue weighted by Crippen LogP contribution is -2.40. The number of rotatable bonds is 4. The van der Waals surface area contributed by atoms with E-state index in [4.69, 9.17) is 27.1 Å². The molecule has 8 heteroatoms. The third-order valence-electron chi connectivity index (χ3n) is 5.00. The minimum absolute atomic E-state index is 0.135. The van der Waals surface area contributed by atoms with Gasteiger partial charge in [0, 0.05) is 37.1 Å². The fourth-order valence-electron chi connectivity index (χ4n) is 3.42. The van der Waals surface area contributed by atoms with E-state index in [1.54, 1.807) is 19.2 Å². The molecule has 27 heavy (non-hydrogen) atoms. The first-order valence-electron chi connectivity index (χ1n) is 8.93. The lowest BCUT2D eigenvalue weighted by atomic mass is 10.1. The van der Waals surface area contributed by atoms with Crippen molar-refractivity contribution >= 4 is 23.2 Å². The molecule has 0 atom stereocenters. The van der Waals surface area contributed by atoms with Gasteiger partial charge in [0.25, 0.3) is 0 Å². The summed E-state index contributed by atoms with van der Waals surface area (Å²) in [5.41, 5.74) is 8.15. The van der Waals surface area contributed by atoms with E-state index in [1.807, 2.05) is 22.9 Å². The zero-order valence-corrected chi connectivity index (χ0v) is 15.9. The molecule has 1 aliphatic rings. The van der Waals surface area contributed by atoms with Crippen molar-refractivity contribution < 1.29 is 9.84 Å². The quantitative estimate of drug-likeness (QED) is 0.715. The van der Waals surface area contributed by atoms with Crippen LogP contribution in [0.15, 0.2) is 30.6 Å². The van der Waals surface area contributed by atoms with Crippen LogP contribution >= 0.6 is 11.6 Å². The van der Waals surface area contributed by atoms with Crippen LogP contribution in [0.3, 0.4) is 0 Å². The number of imidazole rings is 1. The molecule has 3 N–H and O–H groups in total. The second-order valence-corrected chi connectivity index (χ2v) is 7.15. The number of aliphatic hydroxyl groups excluding tert-OH is 1. The highest BCUT2D eigenvalue weighted by molar-refractivity contribution is 6.32. The molecule has 1 fully saturated rings. The predicted molar refractivity (Wildman–Crippen MR) is 105 cm³/mol. The molecule has 0 radical (unpaired) electrons. The molecule has 1 aromatic carbocycles. The Morgan fingerprint density at radius 2 is 2.07 bits per heavy atom. The topological polar surface area (TPSA) is 88.9 Å². The first-order valence-corrected chi connectivity index (χ1v) is 9.30.